The van der Waals surface area contributed by atoms with Gasteiger partial charge in [-0.15, -0.1) is 0 Å². The molecular formula is C24H19N. The third-order valence-electron chi connectivity index (χ3n) is 5.11. The molecule has 5 rings (SSSR count). The van der Waals surface area contributed by atoms with Crippen LogP contribution in [0.1, 0.15) is 18.4 Å². The van der Waals surface area contributed by atoms with Gasteiger partial charge < -0.3 is 4.98 Å². The van der Waals surface area contributed by atoms with Gasteiger partial charge in [0.15, 0.2) is 0 Å². The van der Waals surface area contributed by atoms with E-state index in [1.54, 1.807) is 0 Å². The summed E-state index contributed by atoms with van der Waals surface area (Å²) in [5, 5.41) is 2.60. The minimum atomic E-state index is 1.13. The number of H-pyrrole nitrogens is 1. The minimum absolute atomic E-state index is 1.13. The average molecular weight is 321 g/mol. The first kappa shape index (κ1) is 14.3. The molecule has 0 radical (unpaired) electrons. The fourth-order valence-corrected chi connectivity index (χ4v) is 3.85. The Morgan fingerprint density at radius 3 is 2.36 bits per heavy atom. The normalized spacial score (nSPS) is 14.2. The van der Waals surface area contributed by atoms with Crippen LogP contribution in [-0.4, -0.2) is 4.98 Å². The number of allylic oxidation sites excluding steroid dienone is 4. The van der Waals surface area contributed by atoms with Crippen LogP contribution in [0.4, 0.5) is 0 Å². The lowest BCUT2D eigenvalue weighted by Crippen LogP contribution is -1.88. The van der Waals surface area contributed by atoms with Gasteiger partial charge in [-0.3, -0.25) is 0 Å². The van der Waals surface area contributed by atoms with Gasteiger partial charge >= 0.3 is 0 Å². The lowest BCUT2D eigenvalue weighted by atomic mass is 9.94. The number of hydrogen-bond acceptors (Lipinski definition) is 0. The largest absolute Gasteiger partial charge is 0.354 e. The molecule has 0 amide bonds. The molecule has 1 aromatic heterocycles. The standard InChI is InChI=1S/C24H19N/c1-2-7-17(8-3-1)18-13-15-19(16-14-18)20-10-6-12-23-24(20)21-9-4-5-11-22(21)25-23/h1-2,4-7,9-16,25H,3,8H2. The summed E-state index contributed by atoms with van der Waals surface area (Å²) in [4.78, 5) is 3.53. The van der Waals surface area contributed by atoms with Crippen molar-refractivity contribution in [2.75, 3.05) is 0 Å². The molecule has 1 N–H and O–H groups in total. The van der Waals surface area contributed by atoms with Gasteiger partial charge in [0.2, 0.25) is 0 Å². The molecule has 1 heteroatoms. The first-order valence-corrected chi connectivity index (χ1v) is 8.86. The number of fused-ring (bicyclic) bond motifs is 3. The third kappa shape index (κ3) is 2.40. The molecule has 0 saturated carbocycles. The van der Waals surface area contributed by atoms with E-state index in [1.807, 2.05) is 0 Å². The number of hydrogen-bond donors (Lipinski definition) is 1. The molecule has 4 aromatic rings. The van der Waals surface area contributed by atoms with Gasteiger partial charge in [-0.25, -0.2) is 0 Å². The molecule has 1 aliphatic rings. The molecular weight excluding hydrogens is 302 g/mol. The van der Waals surface area contributed by atoms with Crippen molar-refractivity contribution in [3.63, 3.8) is 0 Å². The van der Waals surface area contributed by atoms with Crippen LogP contribution in [0.5, 0.6) is 0 Å². The van der Waals surface area contributed by atoms with Gasteiger partial charge in [-0.05, 0) is 47.2 Å². The second kappa shape index (κ2) is 5.78. The van der Waals surface area contributed by atoms with Crippen molar-refractivity contribution >= 4 is 27.4 Å². The van der Waals surface area contributed by atoms with Crippen LogP contribution < -0.4 is 0 Å². The summed E-state index contributed by atoms with van der Waals surface area (Å²) in [5.74, 6) is 0. The molecule has 25 heavy (non-hydrogen) atoms. The molecule has 120 valence electrons. The lowest BCUT2D eigenvalue weighted by Gasteiger charge is -2.11. The molecule has 0 aliphatic heterocycles. The van der Waals surface area contributed by atoms with Gasteiger partial charge in [0.25, 0.3) is 0 Å². The van der Waals surface area contributed by atoms with E-state index in [-0.39, 0.29) is 0 Å². The Labute approximate surface area is 147 Å². The van der Waals surface area contributed by atoms with Gasteiger partial charge in [-0.1, -0.05) is 72.8 Å². The van der Waals surface area contributed by atoms with Crippen LogP contribution in [0, 0.1) is 0 Å². The third-order valence-corrected chi connectivity index (χ3v) is 5.11. The number of para-hydroxylation sites is 1. The molecule has 0 saturated heterocycles. The summed E-state index contributed by atoms with van der Waals surface area (Å²) in [6.07, 6.45) is 8.91. The molecule has 0 unspecified atom stereocenters. The van der Waals surface area contributed by atoms with Crippen molar-refractivity contribution in [2.24, 2.45) is 0 Å². The quantitative estimate of drug-likeness (QED) is 0.422. The number of nitrogens with one attached hydrogen (secondary N) is 1. The SMILES string of the molecule is C1=CCCC(c2ccc(-c3cccc4[nH]c5ccccc5c34)cc2)=C1. The van der Waals surface area contributed by atoms with E-state index in [0.29, 0.717) is 0 Å². The van der Waals surface area contributed by atoms with E-state index in [9.17, 15) is 0 Å². The van der Waals surface area contributed by atoms with E-state index in [0.717, 1.165) is 12.8 Å². The van der Waals surface area contributed by atoms with Gasteiger partial charge in [0.05, 0.1) is 0 Å². The highest BCUT2D eigenvalue weighted by Crippen LogP contribution is 2.35. The molecule has 0 fully saturated rings. The van der Waals surface area contributed by atoms with E-state index >= 15 is 0 Å². The minimum Gasteiger partial charge on any atom is -0.354 e. The van der Waals surface area contributed by atoms with Crippen LogP contribution in [0.15, 0.2) is 85.0 Å². The summed E-state index contributed by atoms with van der Waals surface area (Å²) < 4.78 is 0. The summed E-state index contributed by atoms with van der Waals surface area (Å²) in [6.45, 7) is 0. The van der Waals surface area contributed by atoms with Crippen molar-refractivity contribution in [3.8, 4) is 11.1 Å². The van der Waals surface area contributed by atoms with Crippen LogP contribution in [0.3, 0.4) is 0 Å². The van der Waals surface area contributed by atoms with Gasteiger partial charge in [0.1, 0.15) is 0 Å². The van der Waals surface area contributed by atoms with Crippen LogP contribution in [-0.2, 0) is 0 Å². The average Bonchev–Trinajstić information content (AvgIpc) is 3.08. The molecule has 0 spiro atoms. The Morgan fingerprint density at radius 1 is 0.720 bits per heavy atom. The summed E-state index contributed by atoms with van der Waals surface area (Å²) >= 11 is 0. The maximum Gasteiger partial charge on any atom is 0.0471 e. The first-order valence-electron chi connectivity index (χ1n) is 8.86. The van der Waals surface area contributed by atoms with Crippen molar-refractivity contribution in [2.45, 2.75) is 12.8 Å². The van der Waals surface area contributed by atoms with E-state index in [1.165, 1.54) is 44.1 Å². The van der Waals surface area contributed by atoms with Gasteiger partial charge in [-0.2, -0.15) is 0 Å². The zero-order chi connectivity index (χ0) is 16.6. The van der Waals surface area contributed by atoms with Crippen LogP contribution in [0.2, 0.25) is 0 Å². The molecule has 1 heterocycles. The maximum atomic E-state index is 3.53. The van der Waals surface area contributed by atoms with Crippen molar-refractivity contribution < 1.29 is 0 Å². The highest BCUT2D eigenvalue weighted by Gasteiger charge is 2.10. The second-order valence-electron chi connectivity index (χ2n) is 6.63. The van der Waals surface area contributed by atoms with E-state index < -0.39 is 0 Å². The second-order valence-corrected chi connectivity index (χ2v) is 6.63. The Balaban J connectivity index is 1.66. The fourth-order valence-electron chi connectivity index (χ4n) is 3.85. The van der Waals surface area contributed by atoms with Crippen LogP contribution in [0.25, 0.3) is 38.5 Å². The fraction of sp³-hybridized carbons (Fsp3) is 0.0833. The summed E-state index contributed by atoms with van der Waals surface area (Å²) in [7, 11) is 0. The van der Waals surface area contributed by atoms with Crippen molar-refractivity contribution in [3.05, 3.63) is 90.5 Å². The Hall–Kier alpha value is -3.06. The molecule has 1 nitrogen and oxygen atoms in total. The Kier molecular flexibility index (Phi) is 3.31. The predicted octanol–water partition coefficient (Wildman–Crippen LogP) is 6.72. The number of benzene rings is 3. The number of rotatable bonds is 2. The molecule has 0 atom stereocenters. The van der Waals surface area contributed by atoms with Crippen molar-refractivity contribution in [1.82, 2.24) is 4.98 Å². The highest BCUT2D eigenvalue weighted by atomic mass is 14.7. The smallest absolute Gasteiger partial charge is 0.0471 e. The topological polar surface area (TPSA) is 15.8 Å². The maximum absolute atomic E-state index is 3.53. The highest BCUT2D eigenvalue weighted by molar-refractivity contribution is 6.14. The van der Waals surface area contributed by atoms with E-state index in [4.69, 9.17) is 0 Å². The number of aromatic nitrogens is 1. The monoisotopic (exact) mass is 321 g/mol. The van der Waals surface area contributed by atoms with Gasteiger partial charge in [0, 0.05) is 21.8 Å². The summed E-state index contributed by atoms with van der Waals surface area (Å²) in [5.41, 5.74) is 7.72. The Morgan fingerprint density at radius 2 is 1.52 bits per heavy atom. The summed E-state index contributed by atoms with van der Waals surface area (Å²) in [6, 6.07) is 24.1. The molecule has 0 bridgehead atoms. The zero-order valence-corrected chi connectivity index (χ0v) is 14.0. The lowest BCUT2D eigenvalue weighted by molar-refractivity contribution is 1.05. The number of aromatic amines is 1. The zero-order valence-electron chi connectivity index (χ0n) is 14.0. The Bertz CT molecular complexity index is 1120. The molecule has 1 aliphatic carbocycles. The van der Waals surface area contributed by atoms with Crippen molar-refractivity contribution in [1.29, 1.82) is 0 Å². The predicted molar refractivity (Wildman–Crippen MR) is 108 cm³/mol. The molecule has 3 aromatic carbocycles. The van der Waals surface area contributed by atoms with Crippen LogP contribution >= 0.6 is 0 Å². The van der Waals surface area contributed by atoms with E-state index in [2.05, 4.69) is 89.9 Å². The first-order chi connectivity index (χ1) is 12.4.